The van der Waals surface area contributed by atoms with Crippen LogP contribution < -0.4 is 0 Å². The van der Waals surface area contributed by atoms with Crippen molar-refractivity contribution in [2.45, 2.75) is 31.1 Å². The monoisotopic (exact) mass is 400 g/mol. The summed E-state index contributed by atoms with van der Waals surface area (Å²) in [7, 11) is 0. The molecule has 0 radical (unpaired) electrons. The minimum atomic E-state index is -4.55. The summed E-state index contributed by atoms with van der Waals surface area (Å²) >= 11 is 0. The van der Waals surface area contributed by atoms with Gasteiger partial charge in [0.25, 0.3) is 0 Å². The van der Waals surface area contributed by atoms with Crippen LogP contribution in [0.4, 0.5) is 13.2 Å². The summed E-state index contributed by atoms with van der Waals surface area (Å²) in [5.41, 5.74) is 0.325. The van der Waals surface area contributed by atoms with Crippen LogP contribution in [0.3, 0.4) is 0 Å². The Kier molecular flexibility index (Phi) is 5.00. The molecular weight excluding hydrogens is 381 g/mol. The molecule has 1 saturated heterocycles. The van der Waals surface area contributed by atoms with Crippen molar-refractivity contribution in [3.8, 4) is 0 Å². The number of carboxylic acids is 1. The minimum Gasteiger partial charge on any atom is -0.480 e. The second-order valence-electron chi connectivity index (χ2n) is 7.15. The number of carboxylic acid groups (broad SMARTS) is 1. The van der Waals surface area contributed by atoms with Crippen LogP contribution in [0.1, 0.15) is 35.7 Å². The van der Waals surface area contributed by atoms with E-state index in [1.807, 2.05) is 24.3 Å². The van der Waals surface area contributed by atoms with Gasteiger partial charge in [0.15, 0.2) is 0 Å². The standard InChI is InChI=1S/C22H19F3N2O2/c23-22(24,25)16-8-3-2-7-15(16)20(27-13-5-10-19(27)21(28)29)18-12-11-14-6-1-4-9-17(14)26-18/h1-4,6-9,11-12,19-20H,5,10,13H2,(H,28,29). The molecule has 1 aromatic heterocycles. The quantitative estimate of drug-likeness (QED) is 0.677. The van der Waals surface area contributed by atoms with Crippen molar-refractivity contribution in [3.63, 3.8) is 0 Å². The molecule has 2 atom stereocenters. The number of fused-ring (bicyclic) bond motifs is 1. The van der Waals surface area contributed by atoms with E-state index in [2.05, 4.69) is 4.98 Å². The van der Waals surface area contributed by atoms with Crippen molar-refractivity contribution >= 4 is 16.9 Å². The Hall–Kier alpha value is -2.93. The maximum Gasteiger partial charge on any atom is 0.416 e. The summed E-state index contributed by atoms with van der Waals surface area (Å²) in [4.78, 5) is 18.0. The topological polar surface area (TPSA) is 53.4 Å². The van der Waals surface area contributed by atoms with Gasteiger partial charge in [0.2, 0.25) is 0 Å². The van der Waals surface area contributed by atoms with Crippen molar-refractivity contribution in [3.05, 3.63) is 77.5 Å². The van der Waals surface area contributed by atoms with E-state index in [1.54, 1.807) is 23.1 Å². The third-order valence-corrected chi connectivity index (χ3v) is 5.37. The fourth-order valence-corrected chi connectivity index (χ4v) is 4.10. The molecule has 1 fully saturated rings. The molecule has 0 spiro atoms. The zero-order valence-electron chi connectivity index (χ0n) is 15.4. The predicted octanol–water partition coefficient (Wildman–Crippen LogP) is 4.89. The number of para-hydroxylation sites is 1. The van der Waals surface area contributed by atoms with Gasteiger partial charge in [0, 0.05) is 11.9 Å². The number of nitrogens with zero attached hydrogens (tertiary/aromatic N) is 2. The number of carbonyl (C=O) groups is 1. The van der Waals surface area contributed by atoms with E-state index in [9.17, 15) is 23.1 Å². The van der Waals surface area contributed by atoms with E-state index in [1.165, 1.54) is 12.1 Å². The third kappa shape index (κ3) is 3.70. The molecule has 2 unspecified atom stereocenters. The molecular formula is C22H19F3N2O2. The maximum absolute atomic E-state index is 13.8. The lowest BCUT2D eigenvalue weighted by Crippen LogP contribution is -2.40. The van der Waals surface area contributed by atoms with Gasteiger partial charge in [-0.1, -0.05) is 42.5 Å². The van der Waals surface area contributed by atoms with Gasteiger partial charge in [0.05, 0.1) is 22.8 Å². The summed E-state index contributed by atoms with van der Waals surface area (Å²) < 4.78 is 41.3. The SMILES string of the molecule is O=C(O)C1CCCN1C(c1ccc2ccccc2n1)c1ccccc1C(F)(F)F. The van der Waals surface area contributed by atoms with Crippen LogP contribution >= 0.6 is 0 Å². The van der Waals surface area contributed by atoms with Crippen LogP contribution in [0.5, 0.6) is 0 Å². The van der Waals surface area contributed by atoms with E-state index in [0.717, 1.165) is 11.5 Å². The molecule has 29 heavy (non-hydrogen) atoms. The fraction of sp³-hybridized carbons (Fsp3) is 0.273. The highest BCUT2D eigenvalue weighted by molar-refractivity contribution is 5.78. The molecule has 3 aromatic rings. The number of aliphatic carboxylic acids is 1. The van der Waals surface area contributed by atoms with Crippen LogP contribution in [0, 0.1) is 0 Å². The first-order chi connectivity index (χ1) is 13.9. The Morgan fingerprint density at radius 2 is 1.79 bits per heavy atom. The van der Waals surface area contributed by atoms with Gasteiger partial charge < -0.3 is 5.11 Å². The number of alkyl halides is 3. The van der Waals surface area contributed by atoms with Gasteiger partial charge in [-0.15, -0.1) is 0 Å². The van der Waals surface area contributed by atoms with Crippen LogP contribution in [-0.2, 0) is 11.0 Å². The Morgan fingerprint density at radius 1 is 1.07 bits per heavy atom. The minimum absolute atomic E-state index is 0.0240. The molecule has 1 N–H and O–H groups in total. The number of rotatable bonds is 4. The summed E-state index contributed by atoms with van der Waals surface area (Å²) in [5.74, 6) is -1.03. The average molecular weight is 400 g/mol. The highest BCUT2D eigenvalue weighted by Gasteiger charge is 2.42. The number of pyridine rings is 1. The Morgan fingerprint density at radius 3 is 2.55 bits per heavy atom. The molecule has 0 bridgehead atoms. The van der Waals surface area contributed by atoms with Crippen LogP contribution in [-0.4, -0.2) is 33.5 Å². The highest BCUT2D eigenvalue weighted by Crippen LogP contribution is 2.41. The molecule has 2 heterocycles. The number of likely N-dealkylation sites (tertiary alicyclic amines) is 1. The van der Waals surface area contributed by atoms with Gasteiger partial charge >= 0.3 is 12.1 Å². The number of aromatic nitrogens is 1. The molecule has 2 aromatic carbocycles. The summed E-state index contributed by atoms with van der Waals surface area (Å²) in [6.45, 7) is 0.391. The largest absolute Gasteiger partial charge is 0.480 e. The smallest absolute Gasteiger partial charge is 0.416 e. The number of benzene rings is 2. The first-order valence-electron chi connectivity index (χ1n) is 9.36. The molecule has 1 aliphatic rings. The van der Waals surface area contributed by atoms with Crippen molar-refractivity contribution < 1.29 is 23.1 Å². The molecule has 1 aliphatic heterocycles. The van der Waals surface area contributed by atoms with E-state index in [-0.39, 0.29) is 5.56 Å². The van der Waals surface area contributed by atoms with E-state index < -0.39 is 29.8 Å². The zero-order valence-corrected chi connectivity index (χ0v) is 15.4. The average Bonchev–Trinajstić information content (AvgIpc) is 3.17. The van der Waals surface area contributed by atoms with Crippen molar-refractivity contribution in [1.29, 1.82) is 0 Å². The lowest BCUT2D eigenvalue weighted by atomic mass is 9.94. The molecule has 0 saturated carbocycles. The maximum atomic E-state index is 13.8. The second-order valence-corrected chi connectivity index (χ2v) is 7.15. The highest BCUT2D eigenvalue weighted by atomic mass is 19.4. The molecule has 0 aliphatic carbocycles. The summed E-state index contributed by atoms with van der Waals surface area (Å²) in [6.07, 6.45) is -3.55. The molecule has 4 rings (SSSR count). The lowest BCUT2D eigenvalue weighted by molar-refractivity contribution is -0.143. The lowest BCUT2D eigenvalue weighted by Gasteiger charge is -2.32. The number of hydrogen-bond donors (Lipinski definition) is 1. The van der Waals surface area contributed by atoms with Crippen LogP contribution in [0.15, 0.2) is 60.7 Å². The van der Waals surface area contributed by atoms with E-state index in [0.29, 0.717) is 30.6 Å². The molecule has 7 heteroatoms. The van der Waals surface area contributed by atoms with Crippen LogP contribution in [0.25, 0.3) is 10.9 Å². The molecule has 0 amide bonds. The van der Waals surface area contributed by atoms with Crippen molar-refractivity contribution in [1.82, 2.24) is 9.88 Å². The first kappa shape index (κ1) is 19.4. The predicted molar refractivity (Wildman–Crippen MR) is 102 cm³/mol. The Labute approximate surface area is 165 Å². The fourth-order valence-electron chi connectivity index (χ4n) is 4.10. The van der Waals surface area contributed by atoms with E-state index in [4.69, 9.17) is 0 Å². The normalized spacial score (nSPS) is 18.8. The van der Waals surface area contributed by atoms with Gasteiger partial charge in [-0.25, -0.2) is 0 Å². The van der Waals surface area contributed by atoms with Crippen molar-refractivity contribution in [2.24, 2.45) is 0 Å². The first-order valence-corrected chi connectivity index (χ1v) is 9.36. The number of hydrogen-bond acceptors (Lipinski definition) is 3. The summed E-state index contributed by atoms with van der Waals surface area (Å²) in [5, 5.41) is 10.5. The second kappa shape index (κ2) is 7.48. The summed E-state index contributed by atoms with van der Waals surface area (Å²) in [6, 6.07) is 14.4. The molecule has 4 nitrogen and oxygen atoms in total. The van der Waals surface area contributed by atoms with Gasteiger partial charge in [-0.3, -0.25) is 14.7 Å². The molecule has 150 valence electrons. The van der Waals surface area contributed by atoms with Crippen LogP contribution in [0.2, 0.25) is 0 Å². The Balaban J connectivity index is 1.92. The third-order valence-electron chi connectivity index (χ3n) is 5.37. The van der Waals surface area contributed by atoms with Gasteiger partial charge in [0.1, 0.15) is 6.04 Å². The van der Waals surface area contributed by atoms with Crippen molar-refractivity contribution in [2.75, 3.05) is 6.54 Å². The Bertz CT molecular complexity index is 1050. The zero-order chi connectivity index (χ0) is 20.6. The van der Waals surface area contributed by atoms with Gasteiger partial charge in [-0.05, 0) is 36.6 Å². The van der Waals surface area contributed by atoms with Gasteiger partial charge in [-0.2, -0.15) is 13.2 Å². The van der Waals surface area contributed by atoms with E-state index >= 15 is 0 Å². The number of halogens is 3.